The van der Waals surface area contributed by atoms with E-state index in [1.807, 2.05) is 78.9 Å². The number of benzene rings is 3. The van der Waals surface area contributed by atoms with Gasteiger partial charge in [0.25, 0.3) is 0 Å². The van der Waals surface area contributed by atoms with Crippen LogP contribution in [-0.4, -0.2) is 76.3 Å². The molecule has 3 aromatic rings. The molecule has 0 saturated carbocycles. The van der Waals surface area contributed by atoms with Crippen LogP contribution in [0.3, 0.4) is 0 Å². The molecule has 2 atom stereocenters. The van der Waals surface area contributed by atoms with Crippen LogP contribution in [0.15, 0.2) is 78.9 Å². The summed E-state index contributed by atoms with van der Waals surface area (Å²) in [6.45, 7) is 0.790. The third kappa shape index (κ3) is 5.47. The summed E-state index contributed by atoms with van der Waals surface area (Å²) in [6.07, 6.45) is 5.22. The van der Waals surface area contributed by atoms with Crippen molar-refractivity contribution in [3.63, 3.8) is 0 Å². The van der Waals surface area contributed by atoms with Crippen molar-refractivity contribution in [2.24, 2.45) is 0 Å². The molecule has 10 heteroatoms. The fraction of sp³-hybridized carbons (Fsp3) is 0.281. The molecule has 214 valence electrons. The van der Waals surface area contributed by atoms with E-state index in [0.717, 1.165) is 16.7 Å². The Kier molecular flexibility index (Phi) is 7.66. The maximum atomic E-state index is 14.1. The van der Waals surface area contributed by atoms with Gasteiger partial charge < -0.3 is 24.6 Å². The Morgan fingerprint density at radius 1 is 0.929 bits per heavy atom. The van der Waals surface area contributed by atoms with E-state index < -0.39 is 18.2 Å². The molecule has 3 heterocycles. The van der Waals surface area contributed by atoms with Gasteiger partial charge >= 0.3 is 6.03 Å². The zero-order valence-corrected chi connectivity index (χ0v) is 23.0. The number of urea groups is 1. The van der Waals surface area contributed by atoms with E-state index in [9.17, 15) is 14.4 Å². The minimum atomic E-state index is -0.801. The number of rotatable bonds is 7. The van der Waals surface area contributed by atoms with E-state index in [0.29, 0.717) is 24.5 Å². The van der Waals surface area contributed by atoms with Gasteiger partial charge in [0.05, 0.1) is 19.6 Å². The Balaban J connectivity index is 1.33. The highest BCUT2D eigenvalue weighted by Gasteiger charge is 2.51. The van der Waals surface area contributed by atoms with Gasteiger partial charge in [-0.25, -0.2) is 9.80 Å². The molecule has 42 heavy (non-hydrogen) atoms. The molecule has 10 nitrogen and oxygen atoms in total. The first-order valence-corrected chi connectivity index (χ1v) is 13.8. The summed E-state index contributed by atoms with van der Waals surface area (Å²) in [5.41, 5.74) is 2.70. The quantitative estimate of drug-likeness (QED) is 0.443. The first-order valence-electron chi connectivity index (χ1n) is 13.8. The molecule has 0 unspecified atom stereocenters. The summed E-state index contributed by atoms with van der Waals surface area (Å²) in [4.78, 5) is 44.8. The monoisotopic (exact) mass is 565 g/mol. The van der Waals surface area contributed by atoms with Gasteiger partial charge in [-0.3, -0.25) is 9.59 Å². The van der Waals surface area contributed by atoms with E-state index >= 15 is 0 Å². The van der Waals surface area contributed by atoms with Crippen molar-refractivity contribution in [2.75, 3.05) is 26.4 Å². The second-order valence-electron chi connectivity index (χ2n) is 10.4. The molecule has 0 radical (unpaired) electrons. The predicted octanol–water partition coefficient (Wildman–Crippen LogP) is 2.60. The number of terminal acetylenes is 1. The van der Waals surface area contributed by atoms with E-state index in [1.54, 1.807) is 14.8 Å². The Morgan fingerprint density at radius 2 is 1.64 bits per heavy atom. The van der Waals surface area contributed by atoms with Crippen LogP contribution in [0, 0.1) is 12.3 Å². The van der Waals surface area contributed by atoms with Gasteiger partial charge in [0.2, 0.25) is 18.6 Å². The molecular weight excluding hydrogens is 534 g/mol. The Labute approximate surface area is 244 Å². The molecule has 0 aliphatic carbocycles. The van der Waals surface area contributed by atoms with Gasteiger partial charge in [0, 0.05) is 19.5 Å². The molecule has 3 aromatic carbocycles. The first-order chi connectivity index (χ1) is 20.5. The highest BCUT2D eigenvalue weighted by atomic mass is 16.7. The van der Waals surface area contributed by atoms with E-state index in [1.165, 1.54) is 5.01 Å². The average Bonchev–Trinajstić information content (AvgIpc) is 3.47. The van der Waals surface area contributed by atoms with Gasteiger partial charge in [0.15, 0.2) is 11.5 Å². The van der Waals surface area contributed by atoms with Crippen LogP contribution in [0.1, 0.15) is 16.7 Å². The highest BCUT2D eigenvalue weighted by Crippen LogP contribution is 2.34. The molecule has 1 N–H and O–H groups in total. The van der Waals surface area contributed by atoms with Crippen molar-refractivity contribution < 1.29 is 23.9 Å². The fourth-order valence-electron chi connectivity index (χ4n) is 5.73. The predicted molar refractivity (Wildman–Crippen MR) is 153 cm³/mol. The molecular formula is C32H31N5O5. The molecule has 4 amide bonds. The number of hydrogen-bond donors (Lipinski definition) is 1. The molecule has 3 aliphatic heterocycles. The maximum Gasteiger partial charge on any atom is 0.334 e. The van der Waals surface area contributed by atoms with Crippen LogP contribution in [0.2, 0.25) is 0 Å². The van der Waals surface area contributed by atoms with Crippen molar-refractivity contribution in [1.82, 2.24) is 25.1 Å². The van der Waals surface area contributed by atoms with Crippen LogP contribution in [-0.2, 0) is 29.1 Å². The lowest BCUT2D eigenvalue weighted by atomic mass is 9.98. The Bertz CT molecular complexity index is 1510. The molecule has 0 spiro atoms. The zero-order chi connectivity index (χ0) is 29.1. The average molecular weight is 566 g/mol. The number of carbonyl (C=O) groups excluding carboxylic acids is 3. The topological polar surface area (TPSA) is 94.7 Å². The standard InChI is InChI=1S/C32H31N5O5/c1-2-15-35-21-30(38)36-26(16-23-9-5-3-6-10-23)31(39)34(19-25-13-14-27-28(17-25)42-22-41-27)20-29(36)37(35)32(40)33-18-24-11-7-4-8-12-24/h1,3-14,17,26,29H,15-16,18-22H2,(H,33,40)/t26-,29-/m0/s1. The number of hydrazine groups is 1. The van der Waals surface area contributed by atoms with Crippen LogP contribution in [0.4, 0.5) is 4.79 Å². The molecule has 0 aromatic heterocycles. The number of hydrogen-bond acceptors (Lipinski definition) is 6. The number of nitrogens with zero attached hydrogens (tertiary/aromatic N) is 4. The Hall–Kier alpha value is -5.01. The zero-order valence-electron chi connectivity index (χ0n) is 23.0. The minimum Gasteiger partial charge on any atom is -0.454 e. The maximum absolute atomic E-state index is 14.1. The number of fused-ring (bicyclic) bond motifs is 2. The summed E-state index contributed by atoms with van der Waals surface area (Å²) in [6, 6.07) is 23.5. The number of ether oxygens (including phenoxy) is 2. The second-order valence-corrected chi connectivity index (χ2v) is 10.4. The van der Waals surface area contributed by atoms with Crippen LogP contribution in [0.25, 0.3) is 0 Å². The van der Waals surface area contributed by atoms with Gasteiger partial charge in [-0.05, 0) is 28.8 Å². The van der Waals surface area contributed by atoms with Crippen LogP contribution < -0.4 is 14.8 Å². The summed E-state index contributed by atoms with van der Waals surface area (Å²) >= 11 is 0. The molecule has 3 aliphatic rings. The SMILES string of the molecule is C#CCN1CC(=O)N2[C@@H](Cc3ccccc3)C(=O)N(Cc3ccc4c(c3)OCO4)C[C@@H]2N1C(=O)NCc1ccccc1. The third-order valence-electron chi connectivity index (χ3n) is 7.68. The van der Waals surface area contributed by atoms with Crippen LogP contribution in [0.5, 0.6) is 11.5 Å². The fourth-order valence-corrected chi connectivity index (χ4v) is 5.73. The first kappa shape index (κ1) is 27.2. The molecule has 6 rings (SSSR count). The van der Waals surface area contributed by atoms with E-state index in [-0.39, 0.29) is 44.8 Å². The summed E-state index contributed by atoms with van der Waals surface area (Å²) in [5.74, 6) is 3.41. The number of carbonyl (C=O) groups is 3. The van der Waals surface area contributed by atoms with Gasteiger partial charge in [-0.15, -0.1) is 6.42 Å². The number of nitrogens with one attached hydrogen (secondary N) is 1. The smallest absolute Gasteiger partial charge is 0.334 e. The van der Waals surface area contributed by atoms with E-state index in [4.69, 9.17) is 15.9 Å². The lowest BCUT2D eigenvalue weighted by molar-refractivity contribution is -0.189. The van der Waals surface area contributed by atoms with Gasteiger partial charge in [0.1, 0.15) is 12.2 Å². The normalized spacial score (nSPS) is 19.8. The van der Waals surface area contributed by atoms with Gasteiger partial charge in [-0.1, -0.05) is 72.7 Å². The highest BCUT2D eigenvalue weighted by molar-refractivity contribution is 5.91. The lowest BCUT2D eigenvalue weighted by Gasteiger charge is -2.55. The molecule has 0 bridgehead atoms. The lowest BCUT2D eigenvalue weighted by Crippen LogP contribution is -2.76. The summed E-state index contributed by atoms with van der Waals surface area (Å²) in [5, 5.41) is 6.07. The second kappa shape index (κ2) is 11.8. The number of amides is 4. The van der Waals surface area contributed by atoms with Gasteiger partial charge in [-0.2, -0.15) is 5.01 Å². The molecule has 2 saturated heterocycles. The Morgan fingerprint density at radius 3 is 2.38 bits per heavy atom. The van der Waals surface area contributed by atoms with Crippen molar-refractivity contribution in [3.8, 4) is 23.8 Å². The molecule has 2 fully saturated rings. The summed E-state index contributed by atoms with van der Waals surface area (Å²) in [7, 11) is 0. The summed E-state index contributed by atoms with van der Waals surface area (Å²) < 4.78 is 11.0. The van der Waals surface area contributed by atoms with Crippen molar-refractivity contribution in [1.29, 1.82) is 0 Å². The van der Waals surface area contributed by atoms with Crippen molar-refractivity contribution in [3.05, 3.63) is 95.6 Å². The van der Waals surface area contributed by atoms with E-state index in [2.05, 4.69) is 11.2 Å². The minimum absolute atomic E-state index is 0.0638. The van der Waals surface area contributed by atoms with Crippen molar-refractivity contribution >= 4 is 17.8 Å². The third-order valence-corrected chi connectivity index (χ3v) is 7.68. The van der Waals surface area contributed by atoms with Crippen molar-refractivity contribution in [2.45, 2.75) is 31.7 Å². The van der Waals surface area contributed by atoms with Crippen LogP contribution >= 0.6 is 0 Å². The largest absolute Gasteiger partial charge is 0.454 e. The number of piperazine rings is 1.